The van der Waals surface area contributed by atoms with Crippen LogP contribution in [-0.2, 0) is 4.79 Å². The van der Waals surface area contributed by atoms with E-state index in [0.29, 0.717) is 24.9 Å². The number of carboxylic acid groups (broad SMARTS) is 1. The van der Waals surface area contributed by atoms with E-state index in [2.05, 4.69) is 18.7 Å². The predicted molar refractivity (Wildman–Crippen MR) is 64.8 cm³/mol. The van der Waals surface area contributed by atoms with E-state index in [1.165, 1.54) is 12.8 Å². The molecule has 2 N–H and O–H groups in total. The molecule has 4 heteroatoms. The molecule has 4 nitrogen and oxygen atoms in total. The molecule has 5 atom stereocenters. The Kier molecular flexibility index (Phi) is 3.73. The fourth-order valence-electron chi connectivity index (χ4n) is 3.57. The summed E-state index contributed by atoms with van der Waals surface area (Å²) < 4.78 is 0. The van der Waals surface area contributed by atoms with E-state index in [9.17, 15) is 9.90 Å². The average molecular weight is 241 g/mol. The molecule has 1 aliphatic carbocycles. The molecule has 17 heavy (non-hydrogen) atoms. The number of likely N-dealkylation sites (tertiary alicyclic amines) is 1. The molecule has 0 spiro atoms. The van der Waals surface area contributed by atoms with Crippen LogP contribution in [0.15, 0.2) is 0 Å². The van der Waals surface area contributed by atoms with Gasteiger partial charge in [-0.1, -0.05) is 0 Å². The Morgan fingerprint density at radius 2 is 1.71 bits per heavy atom. The number of aliphatic hydroxyl groups excluding tert-OH is 1. The minimum Gasteiger partial charge on any atom is -0.481 e. The normalized spacial score (nSPS) is 43.8. The Balaban J connectivity index is 2.01. The maximum Gasteiger partial charge on any atom is 0.306 e. The summed E-state index contributed by atoms with van der Waals surface area (Å²) in [6.45, 7) is 4.42. The standard InChI is InChI=1S/C13H23NO3/c1-8-3-4-9(2)14(8)11-6-5-10(13(16)17)7-12(11)15/h8-12,15H,3-7H2,1-2H3,(H,16,17). The molecule has 0 radical (unpaired) electrons. The van der Waals surface area contributed by atoms with E-state index >= 15 is 0 Å². The van der Waals surface area contributed by atoms with Crippen molar-refractivity contribution in [1.82, 2.24) is 4.90 Å². The Hall–Kier alpha value is -0.610. The molecule has 0 bridgehead atoms. The van der Waals surface area contributed by atoms with Crippen LogP contribution in [0.3, 0.4) is 0 Å². The third-order valence-corrected chi connectivity index (χ3v) is 4.53. The molecule has 1 saturated carbocycles. The highest BCUT2D eigenvalue weighted by atomic mass is 16.4. The van der Waals surface area contributed by atoms with Gasteiger partial charge >= 0.3 is 5.97 Å². The van der Waals surface area contributed by atoms with Crippen LogP contribution in [0.1, 0.15) is 46.0 Å². The summed E-state index contributed by atoms with van der Waals surface area (Å²) in [4.78, 5) is 13.3. The van der Waals surface area contributed by atoms with Gasteiger partial charge in [0.15, 0.2) is 0 Å². The Morgan fingerprint density at radius 1 is 1.12 bits per heavy atom. The van der Waals surface area contributed by atoms with Crippen molar-refractivity contribution < 1.29 is 15.0 Å². The van der Waals surface area contributed by atoms with E-state index in [4.69, 9.17) is 5.11 Å². The van der Waals surface area contributed by atoms with Crippen molar-refractivity contribution in [2.24, 2.45) is 5.92 Å². The Morgan fingerprint density at radius 3 is 2.18 bits per heavy atom. The van der Waals surface area contributed by atoms with Gasteiger partial charge in [-0.25, -0.2) is 0 Å². The molecular weight excluding hydrogens is 218 g/mol. The molecule has 5 unspecified atom stereocenters. The van der Waals surface area contributed by atoms with Gasteiger partial charge < -0.3 is 10.2 Å². The van der Waals surface area contributed by atoms with Gasteiger partial charge in [0.2, 0.25) is 0 Å². The highest BCUT2D eigenvalue weighted by Crippen LogP contribution is 2.34. The van der Waals surface area contributed by atoms with Crippen LogP contribution in [0.2, 0.25) is 0 Å². The van der Waals surface area contributed by atoms with E-state index < -0.39 is 12.1 Å². The number of rotatable bonds is 2. The van der Waals surface area contributed by atoms with Crippen molar-refractivity contribution in [2.75, 3.05) is 0 Å². The first-order valence-corrected chi connectivity index (χ1v) is 6.69. The number of nitrogens with zero attached hydrogens (tertiary/aromatic N) is 1. The average Bonchev–Trinajstić information content (AvgIpc) is 2.59. The Labute approximate surface area is 103 Å². The van der Waals surface area contributed by atoms with Crippen LogP contribution in [-0.4, -0.2) is 45.3 Å². The van der Waals surface area contributed by atoms with Crippen molar-refractivity contribution in [3.05, 3.63) is 0 Å². The number of hydrogen-bond donors (Lipinski definition) is 2. The largest absolute Gasteiger partial charge is 0.481 e. The third-order valence-electron chi connectivity index (χ3n) is 4.53. The molecule has 0 amide bonds. The number of hydrogen-bond acceptors (Lipinski definition) is 3. The van der Waals surface area contributed by atoms with Crippen molar-refractivity contribution in [2.45, 2.75) is 70.2 Å². The van der Waals surface area contributed by atoms with E-state index in [0.717, 1.165) is 6.42 Å². The number of carboxylic acids is 1. The maximum absolute atomic E-state index is 10.9. The van der Waals surface area contributed by atoms with Gasteiger partial charge in [0.25, 0.3) is 0 Å². The molecule has 1 saturated heterocycles. The summed E-state index contributed by atoms with van der Waals surface area (Å²) in [5.41, 5.74) is 0. The van der Waals surface area contributed by atoms with Crippen LogP contribution in [0.25, 0.3) is 0 Å². The zero-order valence-corrected chi connectivity index (χ0v) is 10.7. The number of carbonyl (C=O) groups is 1. The molecule has 1 heterocycles. The summed E-state index contributed by atoms with van der Waals surface area (Å²) in [6.07, 6.45) is 3.82. The molecule has 2 rings (SSSR count). The monoisotopic (exact) mass is 241 g/mol. The number of aliphatic carboxylic acids is 1. The fourth-order valence-corrected chi connectivity index (χ4v) is 3.57. The molecular formula is C13H23NO3. The second-order valence-corrected chi connectivity index (χ2v) is 5.71. The first-order valence-electron chi connectivity index (χ1n) is 6.69. The lowest BCUT2D eigenvalue weighted by Crippen LogP contribution is -2.51. The second kappa shape index (κ2) is 4.94. The maximum atomic E-state index is 10.9. The Bertz CT molecular complexity index is 284. The lowest BCUT2D eigenvalue weighted by Gasteiger charge is -2.41. The minimum atomic E-state index is -0.759. The van der Waals surface area contributed by atoms with Crippen LogP contribution in [0.4, 0.5) is 0 Å². The third kappa shape index (κ3) is 2.47. The molecule has 98 valence electrons. The zero-order valence-electron chi connectivity index (χ0n) is 10.7. The SMILES string of the molecule is CC1CCC(C)N1C1CCC(C(=O)O)CC1O. The van der Waals surface area contributed by atoms with Gasteiger partial charge in [0.1, 0.15) is 0 Å². The van der Waals surface area contributed by atoms with Crippen molar-refractivity contribution in [3.8, 4) is 0 Å². The zero-order chi connectivity index (χ0) is 12.6. The van der Waals surface area contributed by atoms with E-state index in [1.807, 2.05) is 0 Å². The van der Waals surface area contributed by atoms with Crippen LogP contribution in [0, 0.1) is 5.92 Å². The number of aliphatic hydroxyl groups is 1. The second-order valence-electron chi connectivity index (χ2n) is 5.71. The van der Waals surface area contributed by atoms with Gasteiger partial charge in [0.05, 0.1) is 12.0 Å². The topological polar surface area (TPSA) is 60.8 Å². The summed E-state index contributed by atoms with van der Waals surface area (Å²) in [6, 6.07) is 1.20. The molecule has 2 fully saturated rings. The van der Waals surface area contributed by atoms with Crippen molar-refractivity contribution in [1.29, 1.82) is 0 Å². The van der Waals surface area contributed by atoms with E-state index in [-0.39, 0.29) is 12.0 Å². The van der Waals surface area contributed by atoms with Gasteiger partial charge in [-0.2, -0.15) is 0 Å². The summed E-state index contributed by atoms with van der Waals surface area (Å²) in [5, 5.41) is 19.2. The highest BCUT2D eigenvalue weighted by Gasteiger charge is 2.41. The quantitative estimate of drug-likeness (QED) is 0.768. The van der Waals surface area contributed by atoms with Crippen molar-refractivity contribution in [3.63, 3.8) is 0 Å². The molecule has 0 aromatic carbocycles. The summed E-state index contributed by atoms with van der Waals surface area (Å²) >= 11 is 0. The fraction of sp³-hybridized carbons (Fsp3) is 0.923. The molecule has 1 aliphatic heterocycles. The van der Waals surface area contributed by atoms with Gasteiger partial charge in [-0.15, -0.1) is 0 Å². The van der Waals surface area contributed by atoms with Crippen LogP contribution < -0.4 is 0 Å². The minimum absolute atomic E-state index is 0.165. The van der Waals surface area contributed by atoms with Crippen molar-refractivity contribution >= 4 is 5.97 Å². The van der Waals surface area contributed by atoms with E-state index in [1.54, 1.807) is 0 Å². The smallest absolute Gasteiger partial charge is 0.306 e. The van der Waals surface area contributed by atoms with Gasteiger partial charge in [-0.3, -0.25) is 9.69 Å². The van der Waals surface area contributed by atoms with Crippen LogP contribution in [0.5, 0.6) is 0 Å². The molecule has 0 aromatic rings. The van der Waals surface area contributed by atoms with Gasteiger partial charge in [-0.05, 0) is 46.0 Å². The predicted octanol–water partition coefficient (Wildman–Crippen LogP) is 1.47. The molecule has 2 aliphatic rings. The first-order chi connectivity index (χ1) is 8.00. The van der Waals surface area contributed by atoms with Gasteiger partial charge in [0, 0.05) is 18.1 Å². The summed E-state index contributed by atoms with van der Waals surface area (Å²) in [5.74, 6) is -1.11. The molecule has 0 aromatic heterocycles. The van der Waals surface area contributed by atoms with Crippen LogP contribution >= 0.6 is 0 Å². The highest BCUT2D eigenvalue weighted by molar-refractivity contribution is 5.70. The lowest BCUT2D eigenvalue weighted by molar-refractivity contribution is -0.145. The first kappa shape index (κ1) is 12.8. The summed E-state index contributed by atoms with van der Waals surface area (Å²) in [7, 11) is 0. The lowest BCUT2D eigenvalue weighted by atomic mass is 9.82.